The maximum atomic E-state index is 9.62. The fraction of sp³-hybridized carbons (Fsp3) is 0.389. The van der Waals surface area contributed by atoms with Gasteiger partial charge in [0.1, 0.15) is 0 Å². The van der Waals surface area contributed by atoms with E-state index >= 15 is 0 Å². The molecule has 1 aromatic carbocycles. The average molecular weight is 327 g/mol. The second-order valence-electron chi connectivity index (χ2n) is 5.92. The number of aromatic nitrogens is 1. The van der Waals surface area contributed by atoms with Crippen LogP contribution in [0.25, 0.3) is 11.1 Å². The van der Waals surface area contributed by atoms with Crippen molar-refractivity contribution >= 4 is 7.12 Å². The Morgan fingerprint density at radius 3 is 2.83 bits per heavy atom. The van der Waals surface area contributed by atoms with E-state index in [4.69, 9.17) is 14.1 Å². The highest BCUT2D eigenvalue weighted by Gasteiger charge is 2.31. The largest absolute Gasteiger partial charge is 0.493 e. The molecule has 1 fully saturated rings. The molecule has 2 heterocycles. The molecular weight excluding hydrogens is 305 g/mol. The van der Waals surface area contributed by atoms with Gasteiger partial charge < -0.3 is 19.2 Å². The third kappa shape index (κ3) is 3.25. The molecule has 1 N–H and O–H groups in total. The predicted octanol–water partition coefficient (Wildman–Crippen LogP) is 3.06. The molecule has 1 saturated heterocycles. The minimum absolute atomic E-state index is 0.178. The van der Waals surface area contributed by atoms with Gasteiger partial charge in [0.25, 0.3) is 0 Å². The number of ether oxygens (including phenoxy) is 2. The Kier molecular flexibility index (Phi) is 5.07. The Balaban J connectivity index is 1.99. The quantitative estimate of drug-likeness (QED) is 0.855. The van der Waals surface area contributed by atoms with Gasteiger partial charge in [-0.15, -0.1) is 0 Å². The van der Waals surface area contributed by atoms with Gasteiger partial charge in [-0.3, -0.25) is 4.98 Å². The van der Waals surface area contributed by atoms with Gasteiger partial charge in [-0.1, -0.05) is 6.07 Å². The molecule has 0 radical (unpaired) electrons. The summed E-state index contributed by atoms with van der Waals surface area (Å²) in [6.07, 6.45) is 4.35. The van der Waals surface area contributed by atoms with Gasteiger partial charge in [0.15, 0.2) is 11.5 Å². The number of methoxy groups -OCH3 is 1. The zero-order chi connectivity index (χ0) is 17.1. The molecular formula is C18H22BNO4. The van der Waals surface area contributed by atoms with E-state index in [9.17, 15) is 5.02 Å². The summed E-state index contributed by atoms with van der Waals surface area (Å²) < 4.78 is 16.3. The highest BCUT2D eigenvalue weighted by atomic mass is 16.5. The molecule has 1 atom stereocenters. The second-order valence-corrected chi connectivity index (χ2v) is 5.92. The first-order chi connectivity index (χ1) is 11.6. The van der Waals surface area contributed by atoms with Crippen LogP contribution in [0, 0.1) is 6.92 Å². The maximum Gasteiger partial charge on any atom is 0.454 e. The van der Waals surface area contributed by atoms with Crippen LogP contribution >= 0.6 is 0 Å². The summed E-state index contributed by atoms with van der Waals surface area (Å²) >= 11 is 0. The van der Waals surface area contributed by atoms with Crippen molar-refractivity contribution in [1.82, 2.24) is 4.98 Å². The number of pyridine rings is 1. The molecule has 24 heavy (non-hydrogen) atoms. The standard InChI is InChI=1S/C18H22BNO4/c1-4-23-18-7-13(5-6-17(18)22-3)15-9-20-10-16(12(15)2)14-8-19(21)24-11-14/h5-7,9-10,14,21H,4,8,11H2,1-3H3. The molecule has 6 heteroatoms. The maximum absolute atomic E-state index is 9.62. The van der Waals surface area contributed by atoms with Crippen LogP contribution in [0.2, 0.25) is 6.32 Å². The fourth-order valence-electron chi connectivity index (χ4n) is 3.18. The first-order valence-corrected chi connectivity index (χ1v) is 8.19. The van der Waals surface area contributed by atoms with Crippen LogP contribution in [0.5, 0.6) is 11.5 Å². The van der Waals surface area contributed by atoms with Crippen molar-refractivity contribution in [2.75, 3.05) is 20.3 Å². The highest BCUT2D eigenvalue weighted by molar-refractivity contribution is 6.43. The summed E-state index contributed by atoms with van der Waals surface area (Å²) in [4.78, 5) is 4.40. The van der Waals surface area contributed by atoms with Crippen molar-refractivity contribution in [2.24, 2.45) is 0 Å². The van der Waals surface area contributed by atoms with Gasteiger partial charge in [-0.2, -0.15) is 0 Å². The molecule has 0 saturated carbocycles. The lowest BCUT2D eigenvalue weighted by Gasteiger charge is -2.16. The molecule has 3 rings (SSSR count). The van der Waals surface area contributed by atoms with E-state index in [1.807, 2.05) is 37.5 Å². The lowest BCUT2D eigenvalue weighted by Crippen LogP contribution is -2.08. The Hall–Kier alpha value is -2.05. The lowest BCUT2D eigenvalue weighted by molar-refractivity contribution is 0.292. The number of hydrogen-bond donors (Lipinski definition) is 1. The monoisotopic (exact) mass is 327 g/mol. The minimum Gasteiger partial charge on any atom is -0.493 e. The Morgan fingerprint density at radius 2 is 2.17 bits per heavy atom. The van der Waals surface area contributed by atoms with Crippen LogP contribution in [0.15, 0.2) is 30.6 Å². The van der Waals surface area contributed by atoms with Gasteiger partial charge in [-0.25, -0.2) is 0 Å². The molecule has 1 aliphatic rings. The van der Waals surface area contributed by atoms with Crippen LogP contribution in [0.3, 0.4) is 0 Å². The van der Waals surface area contributed by atoms with Crippen molar-refractivity contribution < 1.29 is 19.2 Å². The van der Waals surface area contributed by atoms with Crippen molar-refractivity contribution in [3.8, 4) is 22.6 Å². The van der Waals surface area contributed by atoms with Crippen molar-refractivity contribution in [2.45, 2.75) is 26.1 Å². The number of hydrogen-bond acceptors (Lipinski definition) is 5. The van der Waals surface area contributed by atoms with Crippen LogP contribution in [-0.2, 0) is 4.65 Å². The normalized spacial score (nSPS) is 17.2. The Labute approximate surface area is 142 Å². The smallest absolute Gasteiger partial charge is 0.454 e. The number of nitrogens with zero attached hydrogens (tertiary/aromatic N) is 1. The van der Waals surface area contributed by atoms with E-state index in [0.29, 0.717) is 19.5 Å². The van der Waals surface area contributed by atoms with Crippen molar-refractivity contribution in [3.63, 3.8) is 0 Å². The second kappa shape index (κ2) is 7.24. The molecule has 0 spiro atoms. The lowest BCUT2D eigenvalue weighted by atomic mass is 9.78. The summed E-state index contributed by atoms with van der Waals surface area (Å²) in [6.45, 7) is 5.14. The van der Waals surface area contributed by atoms with Gasteiger partial charge in [0.2, 0.25) is 0 Å². The first kappa shape index (κ1) is 16.8. The molecule has 1 unspecified atom stereocenters. The summed E-state index contributed by atoms with van der Waals surface area (Å²) in [6, 6.07) is 5.90. The summed E-state index contributed by atoms with van der Waals surface area (Å²) in [5.74, 6) is 1.62. The zero-order valence-electron chi connectivity index (χ0n) is 14.3. The van der Waals surface area contributed by atoms with E-state index in [0.717, 1.165) is 33.8 Å². The van der Waals surface area contributed by atoms with E-state index in [-0.39, 0.29) is 5.92 Å². The molecule has 2 aromatic rings. The molecule has 1 aromatic heterocycles. The SMILES string of the molecule is CCOc1cc(-c2cncc(C3COB(O)C3)c2C)ccc1OC. The van der Waals surface area contributed by atoms with Gasteiger partial charge in [0.05, 0.1) is 13.7 Å². The molecule has 0 aliphatic carbocycles. The summed E-state index contributed by atoms with van der Waals surface area (Å²) in [5, 5.41) is 9.62. The number of benzene rings is 1. The van der Waals surface area contributed by atoms with Crippen LogP contribution in [0.1, 0.15) is 24.0 Å². The topological polar surface area (TPSA) is 60.8 Å². The summed E-state index contributed by atoms with van der Waals surface area (Å²) in [5.41, 5.74) is 4.36. The van der Waals surface area contributed by atoms with E-state index < -0.39 is 7.12 Å². The van der Waals surface area contributed by atoms with E-state index in [1.165, 1.54) is 0 Å². The summed E-state index contributed by atoms with van der Waals surface area (Å²) in [7, 11) is 0.958. The Bertz CT molecular complexity index is 722. The van der Waals surface area contributed by atoms with Gasteiger partial charge in [0, 0.05) is 30.5 Å². The third-order valence-corrected chi connectivity index (χ3v) is 4.44. The highest BCUT2D eigenvalue weighted by Crippen LogP contribution is 2.37. The van der Waals surface area contributed by atoms with Crippen molar-refractivity contribution in [3.05, 3.63) is 41.7 Å². The van der Waals surface area contributed by atoms with Crippen molar-refractivity contribution in [1.29, 1.82) is 0 Å². The fourth-order valence-corrected chi connectivity index (χ4v) is 3.18. The average Bonchev–Trinajstić information content (AvgIpc) is 3.01. The molecule has 0 bridgehead atoms. The zero-order valence-corrected chi connectivity index (χ0v) is 14.3. The van der Waals surface area contributed by atoms with Crippen LogP contribution in [-0.4, -0.2) is 37.4 Å². The molecule has 1 aliphatic heterocycles. The number of rotatable bonds is 5. The van der Waals surface area contributed by atoms with Crippen LogP contribution in [0.4, 0.5) is 0 Å². The first-order valence-electron chi connectivity index (χ1n) is 8.19. The Morgan fingerprint density at radius 1 is 1.33 bits per heavy atom. The molecule has 5 nitrogen and oxygen atoms in total. The van der Waals surface area contributed by atoms with Gasteiger partial charge >= 0.3 is 7.12 Å². The predicted molar refractivity (Wildman–Crippen MR) is 93.6 cm³/mol. The van der Waals surface area contributed by atoms with Crippen LogP contribution < -0.4 is 9.47 Å². The molecule has 126 valence electrons. The third-order valence-electron chi connectivity index (χ3n) is 4.44. The van der Waals surface area contributed by atoms with Gasteiger partial charge in [-0.05, 0) is 49.0 Å². The minimum atomic E-state index is -0.677. The van der Waals surface area contributed by atoms with E-state index in [1.54, 1.807) is 7.11 Å². The molecule has 0 amide bonds. The van der Waals surface area contributed by atoms with E-state index in [2.05, 4.69) is 11.9 Å².